The molecule has 0 unspecified atom stereocenters. The number of carbonyl (C=O) groups excluding carboxylic acids is 1. The third-order valence-corrected chi connectivity index (χ3v) is 6.39. The van der Waals surface area contributed by atoms with Crippen LogP contribution in [-0.4, -0.2) is 40.8 Å². The Kier molecular flexibility index (Phi) is 6.11. The van der Waals surface area contributed by atoms with Gasteiger partial charge < -0.3 is 14.4 Å². The Bertz CT molecular complexity index is 941. The predicted octanol–water partition coefficient (Wildman–Crippen LogP) is 3.91. The first-order valence-corrected chi connectivity index (χ1v) is 10.8. The van der Waals surface area contributed by atoms with Gasteiger partial charge in [0.25, 0.3) is 0 Å². The first kappa shape index (κ1) is 20.5. The minimum Gasteiger partial charge on any atom is -0.493 e. The minimum atomic E-state index is 0.0501. The van der Waals surface area contributed by atoms with Gasteiger partial charge in [0.15, 0.2) is 11.5 Å². The van der Waals surface area contributed by atoms with Crippen molar-refractivity contribution in [2.75, 3.05) is 14.2 Å². The minimum absolute atomic E-state index is 0.0501. The molecule has 2 aromatic rings. The van der Waals surface area contributed by atoms with Crippen LogP contribution in [0.3, 0.4) is 0 Å². The Morgan fingerprint density at radius 1 is 1.17 bits per heavy atom. The van der Waals surface area contributed by atoms with Crippen LogP contribution in [0.2, 0.25) is 0 Å². The quantitative estimate of drug-likeness (QED) is 0.651. The lowest BCUT2D eigenvalue weighted by molar-refractivity contribution is -0.128. The molecule has 0 bridgehead atoms. The molecular weight excluding hydrogens is 378 g/mol. The molecule has 0 spiro atoms. The Labute approximate surface area is 178 Å². The van der Waals surface area contributed by atoms with Crippen LogP contribution in [0.15, 0.2) is 24.3 Å². The lowest BCUT2D eigenvalue weighted by Gasteiger charge is -2.27. The van der Waals surface area contributed by atoms with Gasteiger partial charge in [-0.1, -0.05) is 18.9 Å². The number of benzene rings is 1. The van der Waals surface area contributed by atoms with Crippen LogP contribution >= 0.6 is 0 Å². The van der Waals surface area contributed by atoms with E-state index in [0.717, 1.165) is 36.9 Å². The lowest BCUT2D eigenvalue weighted by atomic mass is 10.1. The third kappa shape index (κ3) is 4.09. The highest BCUT2D eigenvalue weighted by Crippen LogP contribution is 2.30. The maximum atomic E-state index is 13.2. The number of rotatable bonds is 7. The number of hydrogen-bond donors (Lipinski definition) is 0. The maximum Gasteiger partial charge on any atom is 0.247 e. The average Bonchev–Trinajstić information content (AvgIpc) is 3.50. The fourth-order valence-corrected chi connectivity index (χ4v) is 4.81. The molecule has 0 radical (unpaired) electrons. The van der Waals surface area contributed by atoms with E-state index in [2.05, 4.69) is 0 Å². The molecule has 1 aromatic heterocycles. The van der Waals surface area contributed by atoms with Gasteiger partial charge in [0.2, 0.25) is 5.91 Å². The fraction of sp³-hybridized carbons (Fsp3) is 0.500. The van der Waals surface area contributed by atoms with E-state index < -0.39 is 0 Å². The van der Waals surface area contributed by atoms with Gasteiger partial charge in [-0.25, -0.2) is 0 Å². The molecule has 2 aliphatic rings. The van der Waals surface area contributed by atoms with E-state index in [9.17, 15) is 4.79 Å². The Hall–Kier alpha value is -2.76. The van der Waals surface area contributed by atoms with E-state index in [0.29, 0.717) is 24.1 Å². The second-order valence-corrected chi connectivity index (χ2v) is 8.20. The maximum absolute atomic E-state index is 13.2. The Morgan fingerprint density at radius 2 is 1.93 bits per heavy atom. The Morgan fingerprint density at radius 3 is 2.67 bits per heavy atom. The summed E-state index contributed by atoms with van der Waals surface area (Å²) in [6, 6.07) is 5.96. The van der Waals surface area contributed by atoms with Crippen molar-refractivity contribution in [3.8, 4) is 11.5 Å². The number of methoxy groups -OCH3 is 2. The molecule has 4 rings (SSSR count). The van der Waals surface area contributed by atoms with Gasteiger partial charge in [0, 0.05) is 24.9 Å². The van der Waals surface area contributed by atoms with Gasteiger partial charge in [-0.2, -0.15) is 5.10 Å². The number of hydrogen-bond acceptors (Lipinski definition) is 4. The van der Waals surface area contributed by atoms with Crippen LogP contribution < -0.4 is 9.47 Å². The van der Waals surface area contributed by atoms with Crippen molar-refractivity contribution in [2.45, 2.75) is 57.5 Å². The van der Waals surface area contributed by atoms with Crippen molar-refractivity contribution < 1.29 is 14.3 Å². The molecule has 160 valence electrons. The monoisotopic (exact) mass is 409 g/mol. The number of amides is 1. The van der Waals surface area contributed by atoms with Crippen molar-refractivity contribution in [1.29, 1.82) is 0 Å². The number of ether oxygens (including phenoxy) is 2. The number of aryl methyl sites for hydroxylation is 1. The summed E-state index contributed by atoms with van der Waals surface area (Å²) in [5, 5.41) is 4.75. The average molecular weight is 410 g/mol. The molecule has 30 heavy (non-hydrogen) atoms. The zero-order valence-corrected chi connectivity index (χ0v) is 18.2. The second-order valence-electron chi connectivity index (χ2n) is 8.20. The zero-order chi connectivity index (χ0) is 21.1. The number of carbonyl (C=O) groups is 1. The molecule has 1 aromatic carbocycles. The fourth-order valence-electron chi connectivity index (χ4n) is 4.81. The zero-order valence-electron chi connectivity index (χ0n) is 18.2. The number of aromatic nitrogens is 2. The van der Waals surface area contributed by atoms with Gasteiger partial charge in [-0.3, -0.25) is 9.48 Å². The summed E-state index contributed by atoms with van der Waals surface area (Å²) in [6.07, 6.45) is 11.4. The third-order valence-electron chi connectivity index (χ3n) is 6.39. The highest BCUT2D eigenvalue weighted by Gasteiger charge is 2.29. The molecular formula is C24H31N3O3. The highest BCUT2D eigenvalue weighted by molar-refractivity contribution is 5.92. The molecule has 6 heteroatoms. The van der Waals surface area contributed by atoms with Crippen LogP contribution in [0.4, 0.5) is 0 Å². The summed E-state index contributed by atoms with van der Waals surface area (Å²) < 4.78 is 12.7. The smallest absolute Gasteiger partial charge is 0.247 e. The molecule has 1 amide bonds. The van der Waals surface area contributed by atoms with Gasteiger partial charge in [-0.15, -0.1) is 0 Å². The lowest BCUT2D eigenvalue weighted by Crippen LogP contribution is -2.37. The van der Waals surface area contributed by atoms with Crippen LogP contribution in [0.1, 0.15) is 54.6 Å². The van der Waals surface area contributed by atoms with Crippen molar-refractivity contribution in [3.05, 3.63) is 46.8 Å². The Balaban J connectivity index is 1.55. The van der Waals surface area contributed by atoms with Gasteiger partial charge in [-0.05, 0) is 61.4 Å². The molecule has 1 heterocycles. The molecule has 1 fully saturated rings. The topological polar surface area (TPSA) is 56.6 Å². The van der Waals surface area contributed by atoms with E-state index in [4.69, 9.17) is 14.6 Å². The van der Waals surface area contributed by atoms with E-state index in [-0.39, 0.29) is 5.91 Å². The summed E-state index contributed by atoms with van der Waals surface area (Å²) in [6.45, 7) is 0.600. The number of fused-ring (bicyclic) bond motifs is 1. The predicted molar refractivity (Wildman–Crippen MR) is 117 cm³/mol. The first-order chi connectivity index (χ1) is 14.6. The van der Waals surface area contributed by atoms with Crippen LogP contribution in [-0.2, 0) is 31.2 Å². The summed E-state index contributed by atoms with van der Waals surface area (Å²) >= 11 is 0. The van der Waals surface area contributed by atoms with E-state index in [1.807, 2.05) is 40.9 Å². The van der Waals surface area contributed by atoms with E-state index in [1.54, 1.807) is 20.3 Å². The van der Waals surface area contributed by atoms with Gasteiger partial charge in [0.1, 0.15) is 0 Å². The van der Waals surface area contributed by atoms with Crippen molar-refractivity contribution in [2.24, 2.45) is 7.05 Å². The van der Waals surface area contributed by atoms with Crippen molar-refractivity contribution in [1.82, 2.24) is 14.7 Å². The molecule has 0 atom stereocenters. The van der Waals surface area contributed by atoms with Gasteiger partial charge >= 0.3 is 0 Å². The molecule has 2 aliphatic carbocycles. The highest BCUT2D eigenvalue weighted by atomic mass is 16.5. The largest absolute Gasteiger partial charge is 0.493 e. The second kappa shape index (κ2) is 8.94. The van der Waals surface area contributed by atoms with Gasteiger partial charge in [0.05, 0.1) is 26.5 Å². The SMILES string of the molecule is COc1ccc(C=CC(=O)N(Cc2nn(C)c3c2CCC3)C2CCCC2)cc1OC. The van der Waals surface area contributed by atoms with Crippen molar-refractivity contribution in [3.63, 3.8) is 0 Å². The normalized spacial score (nSPS) is 16.2. The first-order valence-electron chi connectivity index (χ1n) is 10.8. The van der Waals surface area contributed by atoms with E-state index >= 15 is 0 Å². The summed E-state index contributed by atoms with van der Waals surface area (Å²) in [5.74, 6) is 1.38. The molecule has 1 saturated carbocycles. The van der Waals surface area contributed by atoms with Crippen LogP contribution in [0, 0.1) is 0 Å². The molecule has 0 N–H and O–H groups in total. The summed E-state index contributed by atoms with van der Waals surface area (Å²) in [7, 11) is 5.25. The van der Waals surface area contributed by atoms with Crippen LogP contribution in [0.5, 0.6) is 11.5 Å². The van der Waals surface area contributed by atoms with Crippen LogP contribution in [0.25, 0.3) is 6.08 Å². The molecule has 6 nitrogen and oxygen atoms in total. The number of nitrogens with zero attached hydrogens (tertiary/aromatic N) is 3. The van der Waals surface area contributed by atoms with Crippen molar-refractivity contribution >= 4 is 12.0 Å². The molecule has 0 aliphatic heterocycles. The summed E-state index contributed by atoms with van der Waals surface area (Å²) in [5.41, 5.74) is 4.68. The standard InChI is InChI=1S/C24H31N3O3/c1-26-21-10-6-9-19(21)20(25-26)16-27(18-7-4-5-8-18)24(28)14-12-17-11-13-22(29-2)23(15-17)30-3/h11-15,18H,4-10,16H2,1-3H3. The summed E-state index contributed by atoms with van der Waals surface area (Å²) in [4.78, 5) is 15.3. The van der Waals surface area contributed by atoms with E-state index in [1.165, 1.54) is 30.5 Å². The molecule has 0 saturated heterocycles.